The molecule has 0 aliphatic carbocycles. The Balaban J connectivity index is 0.000000193. The molecule has 34 nitrogen and oxygen atoms in total. The molecule has 1 fully saturated rings. The summed E-state index contributed by atoms with van der Waals surface area (Å²) < 4.78 is 18.6. The van der Waals surface area contributed by atoms with Crippen molar-refractivity contribution in [2.75, 3.05) is 64.9 Å². The van der Waals surface area contributed by atoms with Gasteiger partial charge in [-0.2, -0.15) is 0 Å². The second-order valence-electron chi connectivity index (χ2n) is 22.9. The highest BCUT2D eigenvalue weighted by Crippen LogP contribution is 2.34. The Kier molecular flexibility index (Phi) is 32.5. The van der Waals surface area contributed by atoms with E-state index in [4.69, 9.17) is 14.2 Å². The van der Waals surface area contributed by atoms with E-state index in [2.05, 4.69) is 129 Å². The number of non-ortho nitro benzene ring substituents is 1. The van der Waals surface area contributed by atoms with Crippen molar-refractivity contribution in [1.29, 1.82) is 0 Å². The summed E-state index contributed by atoms with van der Waals surface area (Å²) in [5.41, 5.74) is 2.91. The van der Waals surface area contributed by atoms with Crippen LogP contribution in [0.25, 0.3) is 0 Å². The molecule has 0 spiro atoms. The highest BCUT2D eigenvalue weighted by molar-refractivity contribution is 14.1. The number of ether oxygens (including phenoxy) is 3. The molecule has 38 heteroatoms. The number of hydrogen-bond acceptors (Lipinski definition) is 24. The summed E-state index contributed by atoms with van der Waals surface area (Å²) in [6.45, 7) is 11.1. The molecule has 0 unspecified atom stereocenters. The van der Waals surface area contributed by atoms with Crippen LogP contribution in [0.4, 0.5) is 63.2 Å². The van der Waals surface area contributed by atoms with Gasteiger partial charge in [-0.3, -0.25) is 74.5 Å². The minimum absolute atomic E-state index is 0.0358. The second kappa shape index (κ2) is 42.0. The molecule has 1 aliphatic heterocycles. The van der Waals surface area contributed by atoms with E-state index in [1.54, 1.807) is 107 Å². The summed E-state index contributed by atoms with van der Waals surface area (Å²) in [6.07, 6.45) is 6.34. The van der Waals surface area contributed by atoms with E-state index in [0.29, 0.717) is 52.5 Å². The SMILES string of the molecule is CCOc1ccc(C(=O)Nc2ccc(I)cn2)cc1[N+](=O)[O-].CCOc1ccc(C(=O)Nc2cccc(C)n2)cc1[N+](=O)[O-].COc1ccc(C(=O)Nc2cccc(C)n2)cc1[N+](=O)[O-].Cc1nc(NC(=O)c2ccc(N3CCCCC3)c([N+](=O)[O-])c2)ccc1I.O=C(Nc1ncc(Br)cc1Br)c1cccc([N+](=O)[O-])c1. The van der Waals surface area contributed by atoms with Gasteiger partial charge in [0.1, 0.15) is 34.8 Å². The molecule has 6 heterocycles. The van der Waals surface area contributed by atoms with Gasteiger partial charge in [0.25, 0.3) is 40.9 Å². The maximum atomic E-state index is 12.5. The topological polar surface area (TPSA) is 457 Å². The first kappa shape index (κ1) is 86.1. The number of benzene rings is 5. The number of piperidine rings is 1. The molecule has 5 N–H and O–H groups in total. The summed E-state index contributed by atoms with van der Waals surface area (Å²) in [6, 6.07) is 41.5. The van der Waals surface area contributed by atoms with Crippen LogP contribution in [0.15, 0.2) is 185 Å². The Hall–Kier alpha value is -12.2. The van der Waals surface area contributed by atoms with Crippen molar-refractivity contribution < 1.29 is 62.8 Å². The second-order valence-corrected chi connectivity index (χ2v) is 27.1. The third-order valence-electron chi connectivity index (χ3n) is 15.1. The number of methoxy groups -OCH3 is 1. The number of halogens is 4. The summed E-state index contributed by atoms with van der Waals surface area (Å²) in [7, 11) is 1.33. The number of carbonyl (C=O) groups is 5. The Morgan fingerprint density at radius 1 is 0.459 bits per heavy atom. The first-order valence-corrected chi connectivity index (χ1v) is 36.6. The summed E-state index contributed by atoms with van der Waals surface area (Å²) >= 11 is 10.8. The molecule has 0 saturated carbocycles. The molecular weight excluding hydrogens is 1800 g/mol. The highest BCUT2D eigenvalue weighted by atomic mass is 127. The number of nitro benzene ring substituents is 5. The molecule has 0 radical (unpaired) electrons. The van der Waals surface area contributed by atoms with Crippen LogP contribution in [0.5, 0.6) is 17.2 Å². The predicted molar refractivity (Wildman–Crippen MR) is 436 cm³/mol. The summed E-state index contributed by atoms with van der Waals surface area (Å²) in [5, 5.41) is 68.3. The number of anilines is 6. The van der Waals surface area contributed by atoms with Crippen molar-refractivity contribution in [3.05, 3.63) is 288 Å². The Morgan fingerprint density at radius 2 is 0.892 bits per heavy atom. The number of aromatic nitrogens is 5. The molecule has 10 aromatic rings. The number of amides is 5. The van der Waals surface area contributed by atoms with Gasteiger partial charge in [-0.05, 0) is 240 Å². The van der Waals surface area contributed by atoms with Gasteiger partial charge in [0.15, 0.2) is 17.2 Å². The molecule has 1 saturated heterocycles. The molecule has 574 valence electrons. The molecule has 0 bridgehead atoms. The number of nitrogens with one attached hydrogen (secondary N) is 5. The standard InChI is InChI=1S/C18H19IN4O3.C15H15N3O4.C14H12IN3O4.C14H13N3O4.C12H7Br2N3O3/c1-12-14(19)6-8-17(20-12)21-18(24)13-5-7-15(16(11-13)23(25)26)22-9-3-2-4-10-22;1-3-22-13-8-7-11(9-12(13)18(20)21)15(19)17-14-6-4-5-10(2)16-14;1-2-22-12-5-3-9(7-11(12)18(20)21)14(19)17-13-6-4-10(15)8-16-13;1-9-4-3-5-13(15-9)16-14(18)10-6-7-12(21-2)11(8-10)17(19)20;13-8-5-10(14)11(15-6-8)16-12(18)7-2-1-3-9(4-7)17(19)20/h5-8,11H,2-4,9-10H2,1H3,(H,20,21,24);4-9H,3H2,1-2H3,(H,16,17,19);3-8H,2H2,1H3,(H,16,17,19);3-8H,1-2H3,(H,15,16,18);1-6H,(H,15,16,18). The van der Waals surface area contributed by atoms with Crippen LogP contribution in [0.1, 0.15) is 102 Å². The molecule has 1 aliphatic rings. The van der Waals surface area contributed by atoms with Crippen LogP contribution in [0.3, 0.4) is 0 Å². The smallest absolute Gasteiger partial charge is 0.311 e. The third kappa shape index (κ3) is 26.0. The fourth-order valence-electron chi connectivity index (χ4n) is 9.83. The monoisotopic (exact) mass is 1870 g/mol. The minimum atomic E-state index is -0.597. The quantitative estimate of drug-likeness (QED) is 0.0253. The average molecular weight is 1870 g/mol. The van der Waals surface area contributed by atoms with Gasteiger partial charge in [0.05, 0.1) is 55.1 Å². The molecule has 0 atom stereocenters. The lowest BCUT2D eigenvalue weighted by molar-refractivity contribution is -0.386. The van der Waals surface area contributed by atoms with E-state index in [-0.39, 0.29) is 73.5 Å². The lowest BCUT2D eigenvalue weighted by Crippen LogP contribution is -2.30. The molecular formula is C73H66Br2I2N16O18. The van der Waals surface area contributed by atoms with Crippen LogP contribution >= 0.6 is 77.0 Å². The maximum absolute atomic E-state index is 12.5. The molecule has 5 aromatic carbocycles. The van der Waals surface area contributed by atoms with Crippen LogP contribution in [0.2, 0.25) is 0 Å². The number of pyridine rings is 5. The zero-order valence-electron chi connectivity index (χ0n) is 59.5. The van der Waals surface area contributed by atoms with Crippen LogP contribution in [0, 0.1) is 78.5 Å². The number of rotatable bonds is 21. The number of aryl methyl sites for hydroxylation is 3. The van der Waals surface area contributed by atoms with Crippen LogP contribution < -0.4 is 45.7 Å². The van der Waals surface area contributed by atoms with Gasteiger partial charge in [-0.1, -0.05) is 18.2 Å². The van der Waals surface area contributed by atoms with Crippen molar-refractivity contribution in [2.45, 2.75) is 53.9 Å². The minimum Gasteiger partial charge on any atom is -0.490 e. The number of nitro groups is 5. The molecule has 5 amide bonds. The van der Waals surface area contributed by atoms with Gasteiger partial charge in [0.2, 0.25) is 0 Å². The summed E-state index contributed by atoms with van der Waals surface area (Å²) in [5.74, 6) is 0.000304. The summed E-state index contributed by atoms with van der Waals surface area (Å²) in [4.78, 5) is 136. The normalized spacial score (nSPS) is 11.0. The van der Waals surface area contributed by atoms with E-state index in [9.17, 15) is 74.5 Å². The first-order valence-electron chi connectivity index (χ1n) is 32.9. The highest BCUT2D eigenvalue weighted by Gasteiger charge is 2.26. The van der Waals surface area contributed by atoms with E-state index in [0.717, 1.165) is 61.0 Å². The van der Waals surface area contributed by atoms with Crippen molar-refractivity contribution in [3.8, 4) is 17.2 Å². The molecule has 111 heavy (non-hydrogen) atoms. The van der Waals surface area contributed by atoms with E-state index < -0.39 is 54.2 Å². The van der Waals surface area contributed by atoms with Crippen LogP contribution in [-0.4, -0.2) is 112 Å². The molecule has 5 aromatic heterocycles. The van der Waals surface area contributed by atoms with E-state index in [1.807, 2.05) is 17.9 Å². The third-order valence-corrected chi connectivity index (χ3v) is 17.9. The fraction of sp³-hybridized carbons (Fsp3) is 0.178. The zero-order valence-corrected chi connectivity index (χ0v) is 67.0. The van der Waals surface area contributed by atoms with Crippen LogP contribution in [-0.2, 0) is 0 Å². The van der Waals surface area contributed by atoms with Gasteiger partial charge < -0.3 is 45.7 Å². The van der Waals surface area contributed by atoms with Gasteiger partial charge >= 0.3 is 17.1 Å². The lowest BCUT2D eigenvalue weighted by atomic mass is 10.1. The lowest BCUT2D eigenvalue weighted by Gasteiger charge is -2.28. The Morgan fingerprint density at radius 3 is 1.33 bits per heavy atom. The van der Waals surface area contributed by atoms with Crippen molar-refractivity contribution >= 4 is 170 Å². The Labute approximate surface area is 676 Å². The number of hydrogen-bond donors (Lipinski definition) is 5. The van der Waals surface area contributed by atoms with Crippen molar-refractivity contribution in [3.63, 3.8) is 0 Å². The maximum Gasteiger partial charge on any atom is 0.311 e. The zero-order chi connectivity index (χ0) is 81.0. The molecule has 11 rings (SSSR count). The van der Waals surface area contributed by atoms with E-state index >= 15 is 0 Å². The van der Waals surface area contributed by atoms with Gasteiger partial charge in [-0.15, -0.1) is 0 Å². The number of carbonyl (C=O) groups excluding carboxylic acids is 5. The van der Waals surface area contributed by atoms with E-state index in [1.165, 1.54) is 98.2 Å². The van der Waals surface area contributed by atoms with Gasteiger partial charge in [0, 0.05) is 113 Å². The van der Waals surface area contributed by atoms with Crippen molar-refractivity contribution in [2.24, 2.45) is 0 Å². The average Bonchev–Trinajstić information content (AvgIpc) is 0.817. The number of nitrogens with zero attached hydrogens (tertiary/aromatic N) is 11. The van der Waals surface area contributed by atoms with Gasteiger partial charge in [-0.25, -0.2) is 24.9 Å². The Bertz CT molecular complexity index is 5120. The fourth-order valence-corrected chi connectivity index (χ4v) is 11.5. The first-order chi connectivity index (χ1) is 52.9. The predicted octanol–water partition coefficient (Wildman–Crippen LogP) is 16.7. The largest absolute Gasteiger partial charge is 0.490 e. The van der Waals surface area contributed by atoms with Crippen molar-refractivity contribution in [1.82, 2.24) is 24.9 Å².